The third-order valence-electron chi connectivity index (χ3n) is 2.10. The number of amides is 1. The Morgan fingerprint density at radius 3 is 2.86 bits per heavy atom. The molecule has 1 aromatic rings. The fraction of sp³-hybridized carbons (Fsp3) is 0.300. The Balaban J connectivity index is 2.46. The Morgan fingerprint density at radius 2 is 2.14 bits per heavy atom. The third-order valence-corrected chi connectivity index (χ3v) is 2.59. The van der Waals surface area contributed by atoms with Gasteiger partial charge < -0.3 is 10.1 Å². The van der Waals surface area contributed by atoms with E-state index in [0.29, 0.717) is 11.4 Å². The zero-order valence-corrected chi connectivity index (χ0v) is 9.51. The van der Waals surface area contributed by atoms with E-state index in [4.69, 9.17) is 4.74 Å². The molecule has 0 aliphatic carbocycles. The predicted molar refractivity (Wildman–Crippen MR) is 57.5 cm³/mol. The summed E-state index contributed by atoms with van der Waals surface area (Å²) in [4.78, 5) is 11.5. The van der Waals surface area contributed by atoms with Crippen molar-refractivity contribution in [1.29, 1.82) is 0 Å². The van der Waals surface area contributed by atoms with Crippen LogP contribution in [0.1, 0.15) is 13.8 Å². The second kappa shape index (κ2) is 2.98. The minimum Gasteiger partial charge on any atom is -0.476 e. The summed E-state index contributed by atoms with van der Waals surface area (Å²) in [5.41, 5.74) is -0.0791. The fourth-order valence-corrected chi connectivity index (χ4v) is 1.64. The molecule has 0 saturated carbocycles. The number of hydrogen-bond acceptors (Lipinski definition) is 2. The highest BCUT2D eigenvalue weighted by Gasteiger charge is 2.35. The minimum atomic E-state index is -0.791. The van der Waals surface area contributed by atoms with Gasteiger partial charge in [0, 0.05) is 4.47 Å². The first-order valence-electron chi connectivity index (χ1n) is 4.29. The molecule has 14 heavy (non-hydrogen) atoms. The first-order chi connectivity index (χ1) is 6.49. The van der Waals surface area contributed by atoms with E-state index >= 15 is 0 Å². The van der Waals surface area contributed by atoms with Crippen molar-refractivity contribution >= 4 is 27.5 Å². The van der Waals surface area contributed by atoms with E-state index in [-0.39, 0.29) is 5.91 Å². The van der Waals surface area contributed by atoms with Crippen molar-refractivity contribution < 1.29 is 9.53 Å². The molecule has 1 aliphatic heterocycles. The molecule has 74 valence electrons. The molecule has 1 aromatic carbocycles. The van der Waals surface area contributed by atoms with Gasteiger partial charge in [0.05, 0.1) is 5.69 Å². The third kappa shape index (κ3) is 1.50. The van der Waals surface area contributed by atoms with Crippen LogP contribution in [-0.4, -0.2) is 11.5 Å². The van der Waals surface area contributed by atoms with Crippen molar-refractivity contribution in [3.8, 4) is 5.75 Å². The maximum atomic E-state index is 11.5. The SMILES string of the molecule is CC1(C)Oc2ccc(Br)cc2NC1=O. The van der Waals surface area contributed by atoms with Gasteiger partial charge in [-0.3, -0.25) is 4.79 Å². The van der Waals surface area contributed by atoms with E-state index in [1.54, 1.807) is 13.8 Å². The summed E-state index contributed by atoms with van der Waals surface area (Å²) in [7, 11) is 0. The number of hydrogen-bond donors (Lipinski definition) is 1. The summed E-state index contributed by atoms with van der Waals surface area (Å²) >= 11 is 3.33. The normalized spacial score (nSPS) is 18.1. The van der Waals surface area contributed by atoms with Crippen molar-refractivity contribution in [2.45, 2.75) is 19.4 Å². The predicted octanol–water partition coefficient (Wildman–Crippen LogP) is 2.56. The Kier molecular flexibility index (Phi) is 2.03. The topological polar surface area (TPSA) is 38.3 Å². The number of halogens is 1. The van der Waals surface area contributed by atoms with Gasteiger partial charge in [0.1, 0.15) is 5.75 Å². The maximum absolute atomic E-state index is 11.5. The lowest BCUT2D eigenvalue weighted by Crippen LogP contribution is -2.45. The number of carbonyl (C=O) groups excluding carboxylic acids is 1. The van der Waals surface area contributed by atoms with Crippen molar-refractivity contribution in [3.05, 3.63) is 22.7 Å². The van der Waals surface area contributed by atoms with Crippen LogP contribution < -0.4 is 10.1 Å². The molecule has 1 heterocycles. The average Bonchev–Trinajstić information content (AvgIpc) is 2.08. The quantitative estimate of drug-likeness (QED) is 0.774. The van der Waals surface area contributed by atoms with Crippen molar-refractivity contribution in [1.82, 2.24) is 0 Å². The average molecular weight is 256 g/mol. The number of fused-ring (bicyclic) bond motifs is 1. The van der Waals surface area contributed by atoms with Crippen LogP contribution in [0.5, 0.6) is 5.75 Å². The van der Waals surface area contributed by atoms with Gasteiger partial charge in [-0.05, 0) is 32.0 Å². The van der Waals surface area contributed by atoms with Crippen molar-refractivity contribution in [3.63, 3.8) is 0 Å². The van der Waals surface area contributed by atoms with E-state index in [9.17, 15) is 4.79 Å². The van der Waals surface area contributed by atoms with Gasteiger partial charge in [0.2, 0.25) is 0 Å². The van der Waals surface area contributed by atoms with Gasteiger partial charge in [-0.25, -0.2) is 0 Å². The van der Waals surface area contributed by atoms with Gasteiger partial charge in [-0.15, -0.1) is 0 Å². The number of ether oxygens (including phenoxy) is 1. The molecule has 0 bridgehead atoms. The standard InChI is InChI=1S/C10H10BrNO2/c1-10(2)9(13)12-7-5-6(11)3-4-8(7)14-10/h3-5H,1-2H3,(H,12,13). The van der Waals surface area contributed by atoms with Gasteiger partial charge in [0.25, 0.3) is 5.91 Å². The molecule has 0 atom stereocenters. The summed E-state index contributed by atoms with van der Waals surface area (Å²) < 4.78 is 6.47. The highest BCUT2D eigenvalue weighted by atomic mass is 79.9. The van der Waals surface area contributed by atoms with Crippen LogP contribution in [0, 0.1) is 0 Å². The van der Waals surface area contributed by atoms with Crippen LogP contribution >= 0.6 is 15.9 Å². The van der Waals surface area contributed by atoms with Crippen LogP contribution in [0.15, 0.2) is 22.7 Å². The van der Waals surface area contributed by atoms with Crippen LogP contribution in [0.2, 0.25) is 0 Å². The molecule has 0 saturated heterocycles. The molecular weight excluding hydrogens is 246 g/mol. The molecular formula is C10H10BrNO2. The maximum Gasteiger partial charge on any atom is 0.268 e. The summed E-state index contributed by atoms with van der Waals surface area (Å²) in [5, 5.41) is 2.80. The van der Waals surface area contributed by atoms with Crippen LogP contribution in [0.4, 0.5) is 5.69 Å². The van der Waals surface area contributed by atoms with E-state index in [0.717, 1.165) is 4.47 Å². The molecule has 2 rings (SSSR count). The fourth-order valence-electron chi connectivity index (χ4n) is 1.28. The van der Waals surface area contributed by atoms with Gasteiger partial charge >= 0.3 is 0 Å². The molecule has 0 radical (unpaired) electrons. The Hall–Kier alpha value is -1.03. The monoisotopic (exact) mass is 255 g/mol. The van der Waals surface area contributed by atoms with Gasteiger partial charge in [0.15, 0.2) is 5.60 Å². The number of nitrogens with one attached hydrogen (secondary N) is 1. The van der Waals surface area contributed by atoms with E-state index in [2.05, 4.69) is 21.2 Å². The summed E-state index contributed by atoms with van der Waals surface area (Å²) in [6, 6.07) is 5.54. The highest BCUT2D eigenvalue weighted by molar-refractivity contribution is 9.10. The first kappa shape index (κ1) is 9.52. The van der Waals surface area contributed by atoms with Crippen LogP contribution in [0.3, 0.4) is 0 Å². The second-order valence-electron chi connectivity index (χ2n) is 3.71. The second-order valence-corrected chi connectivity index (χ2v) is 4.62. The molecule has 0 fully saturated rings. The van der Waals surface area contributed by atoms with Crippen molar-refractivity contribution in [2.24, 2.45) is 0 Å². The Morgan fingerprint density at radius 1 is 1.43 bits per heavy atom. The van der Waals surface area contributed by atoms with Crippen molar-refractivity contribution in [2.75, 3.05) is 5.32 Å². The summed E-state index contributed by atoms with van der Waals surface area (Å²) in [6.07, 6.45) is 0. The number of anilines is 1. The molecule has 0 spiro atoms. The van der Waals surface area contributed by atoms with E-state index in [1.165, 1.54) is 0 Å². The molecule has 0 aromatic heterocycles. The highest BCUT2D eigenvalue weighted by Crippen LogP contribution is 2.35. The van der Waals surface area contributed by atoms with E-state index in [1.807, 2.05) is 18.2 Å². The lowest BCUT2D eigenvalue weighted by Gasteiger charge is -2.31. The van der Waals surface area contributed by atoms with Crippen LogP contribution in [-0.2, 0) is 4.79 Å². The van der Waals surface area contributed by atoms with E-state index < -0.39 is 5.60 Å². The van der Waals surface area contributed by atoms with Gasteiger partial charge in [-0.1, -0.05) is 15.9 Å². The van der Waals surface area contributed by atoms with Gasteiger partial charge in [-0.2, -0.15) is 0 Å². The Labute approximate surface area is 90.6 Å². The largest absolute Gasteiger partial charge is 0.476 e. The zero-order chi connectivity index (χ0) is 10.3. The first-order valence-corrected chi connectivity index (χ1v) is 5.08. The molecule has 1 amide bonds. The lowest BCUT2D eigenvalue weighted by atomic mass is 10.1. The van der Waals surface area contributed by atoms with Crippen LogP contribution in [0.25, 0.3) is 0 Å². The molecule has 1 N–H and O–H groups in total. The number of benzene rings is 1. The summed E-state index contributed by atoms with van der Waals surface area (Å²) in [6.45, 7) is 3.49. The molecule has 0 unspecified atom stereocenters. The number of carbonyl (C=O) groups is 1. The molecule has 4 heteroatoms. The number of rotatable bonds is 0. The molecule has 3 nitrogen and oxygen atoms in total. The smallest absolute Gasteiger partial charge is 0.268 e. The lowest BCUT2D eigenvalue weighted by molar-refractivity contribution is -0.129. The molecule has 1 aliphatic rings. The summed E-state index contributed by atoms with van der Waals surface area (Å²) in [5.74, 6) is 0.584. The Bertz CT molecular complexity index is 401. The zero-order valence-electron chi connectivity index (χ0n) is 7.93. The minimum absolute atomic E-state index is 0.122.